The van der Waals surface area contributed by atoms with E-state index in [0.717, 1.165) is 0 Å². The Morgan fingerprint density at radius 2 is 1.65 bits per heavy atom. The van der Waals surface area contributed by atoms with Crippen LogP contribution in [0.1, 0.15) is 27.3 Å². The van der Waals surface area contributed by atoms with Gasteiger partial charge in [0.05, 0.1) is 25.5 Å². The van der Waals surface area contributed by atoms with Gasteiger partial charge in [0.15, 0.2) is 12.4 Å². The van der Waals surface area contributed by atoms with E-state index >= 15 is 0 Å². The van der Waals surface area contributed by atoms with Crippen molar-refractivity contribution in [3.05, 3.63) is 78.3 Å². The summed E-state index contributed by atoms with van der Waals surface area (Å²) in [6.45, 7) is -0.445. The van der Waals surface area contributed by atoms with E-state index in [9.17, 15) is 19.2 Å². The van der Waals surface area contributed by atoms with Gasteiger partial charge >= 0.3 is 5.97 Å². The summed E-state index contributed by atoms with van der Waals surface area (Å²) >= 11 is 0. The van der Waals surface area contributed by atoms with Gasteiger partial charge < -0.3 is 29.8 Å². The smallest absolute Gasteiger partial charge is 0.308 e. The van der Waals surface area contributed by atoms with Crippen molar-refractivity contribution in [3.8, 4) is 5.75 Å². The minimum atomic E-state index is -0.641. The molecule has 2 aromatic carbocycles. The normalized spacial score (nSPS) is 10.1. The Kier molecular flexibility index (Phi) is 8.39. The number of amides is 3. The highest BCUT2D eigenvalue weighted by Crippen LogP contribution is 2.23. The van der Waals surface area contributed by atoms with E-state index in [2.05, 4.69) is 16.0 Å². The van der Waals surface area contributed by atoms with E-state index in [1.54, 1.807) is 54.6 Å². The molecule has 0 saturated carbocycles. The SMILES string of the molecule is COc1ccccc1NC(=O)c1ccc(NC(=O)COC(=O)CCNC(=O)c2ccco2)cc1. The van der Waals surface area contributed by atoms with Gasteiger partial charge in [0.1, 0.15) is 5.75 Å². The first-order chi connectivity index (χ1) is 16.5. The summed E-state index contributed by atoms with van der Waals surface area (Å²) in [5.74, 6) is -1.30. The molecule has 3 N–H and O–H groups in total. The Bertz CT molecular complexity index is 1140. The maximum absolute atomic E-state index is 12.4. The molecule has 10 nitrogen and oxygen atoms in total. The van der Waals surface area contributed by atoms with E-state index in [0.29, 0.717) is 22.7 Å². The lowest BCUT2D eigenvalue weighted by molar-refractivity contribution is -0.147. The molecular weight excluding hydrogens is 442 g/mol. The van der Waals surface area contributed by atoms with Crippen molar-refractivity contribution < 1.29 is 33.1 Å². The summed E-state index contributed by atoms with van der Waals surface area (Å²) in [5.41, 5.74) is 1.35. The van der Waals surface area contributed by atoms with Gasteiger partial charge in [-0.05, 0) is 48.5 Å². The van der Waals surface area contributed by atoms with Crippen molar-refractivity contribution in [2.75, 3.05) is 30.9 Å². The molecule has 34 heavy (non-hydrogen) atoms. The fourth-order valence-corrected chi connectivity index (χ4v) is 2.84. The largest absolute Gasteiger partial charge is 0.495 e. The zero-order chi connectivity index (χ0) is 24.3. The monoisotopic (exact) mass is 465 g/mol. The van der Waals surface area contributed by atoms with Crippen molar-refractivity contribution in [1.29, 1.82) is 0 Å². The Morgan fingerprint density at radius 3 is 2.35 bits per heavy atom. The lowest BCUT2D eigenvalue weighted by atomic mass is 10.2. The van der Waals surface area contributed by atoms with Crippen molar-refractivity contribution in [1.82, 2.24) is 5.32 Å². The van der Waals surface area contributed by atoms with Gasteiger partial charge in [0, 0.05) is 17.8 Å². The number of carbonyl (C=O) groups is 4. The highest BCUT2D eigenvalue weighted by molar-refractivity contribution is 6.05. The van der Waals surface area contributed by atoms with Gasteiger partial charge in [0.2, 0.25) is 0 Å². The number of carbonyl (C=O) groups excluding carboxylic acids is 4. The highest BCUT2D eigenvalue weighted by Gasteiger charge is 2.12. The first-order valence-electron chi connectivity index (χ1n) is 10.3. The van der Waals surface area contributed by atoms with E-state index < -0.39 is 24.4 Å². The average molecular weight is 465 g/mol. The van der Waals surface area contributed by atoms with Crippen LogP contribution < -0.4 is 20.7 Å². The summed E-state index contributed by atoms with van der Waals surface area (Å²) in [4.78, 5) is 47.9. The van der Waals surface area contributed by atoms with Crippen LogP contribution in [0.4, 0.5) is 11.4 Å². The third-order valence-electron chi connectivity index (χ3n) is 4.51. The first-order valence-corrected chi connectivity index (χ1v) is 10.3. The maximum Gasteiger partial charge on any atom is 0.308 e. The Hall–Kier alpha value is -4.60. The van der Waals surface area contributed by atoms with Crippen molar-refractivity contribution >= 4 is 35.1 Å². The number of rotatable bonds is 10. The van der Waals surface area contributed by atoms with E-state index in [1.165, 1.54) is 19.4 Å². The van der Waals surface area contributed by atoms with Crippen molar-refractivity contribution in [2.24, 2.45) is 0 Å². The van der Waals surface area contributed by atoms with Crippen molar-refractivity contribution in [2.45, 2.75) is 6.42 Å². The van der Waals surface area contributed by atoms with Crippen LogP contribution in [-0.4, -0.2) is 44.0 Å². The zero-order valence-electron chi connectivity index (χ0n) is 18.3. The third-order valence-corrected chi connectivity index (χ3v) is 4.51. The first kappa shape index (κ1) is 24.1. The molecule has 0 bridgehead atoms. The summed E-state index contributed by atoms with van der Waals surface area (Å²) < 4.78 is 15.0. The molecule has 0 unspecified atom stereocenters. The number of para-hydroxylation sites is 2. The molecule has 0 aliphatic rings. The van der Waals surface area contributed by atoms with E-state index in [4.69, 9.17) is 13.9 Å². The number of ether oxygens (including phenoxy) is 2. The number of methoxy groups -OCH3 is 1. The molecule has 10 heteroatoms. The second-order valence-electron chi connectivity index (χ2n) is 6.92. The van der Waals surface area contributed by atoms with Crippen LogP contribution in [0.3, 0.4) is 0 Å². The Labute approximate surface area is 195 Å². The Morgan fingerprint density at radius 1 is 0.882 bits per heavy atom. The molecular formula is C24H23N3O7. The molecule has 3 aromatic rings. The predicted molar refractivity (Wildman–Crippen MR) is 123 cm³/mol. The molecule has 0 fully saturated rings. The molecule has 176 valence electrons. The fourth-order valence-electron chi connectivity index (χ4n) is 2.84. The topological polar surface area (TPSA) is 136 Å². The molecule has 0 radical (unpaired) electrons. The summed E-state index contributed by atoms with van der Waals surface area (Å²) in [5, 5.41) is 7.84. The number of hydrogen-bond donors (Lipinski definition) is 3. The average Bonchev–Trinajstić information content (AvgIpc) is 3.39. The molecule has 0 aliphatic carbocycles. The number of hydrogen-bond acceptors (Lipinski definition) is 7. The van der Waals surface area contributed by atoms with Crippen LogP contribution in [0.25, 0.3) is 0 Å². The number of nitrogens with one attached hydrogen (secondary N) is 3. The molecule has 1 heterocycles. The lowest BCUT2D eigenvalue weighted by Crippen LogP contribution is -2.27. The summed E-state index contributed by atoms with van der Waals surface area (Å²) in [6.07, 6.45) is 1.27. The zero-order valence-corrected chi connectivity index (χ0v) is 18.3. The number of anilines is 2. The van der Waals surface area contributed by atoms with Gasteiger partial charge in [-0.2, -0.15) is 0 Å². The van der Waals surface area contributed by atoms with Crippen LogP contribution in [0.2, 0.25) is 0 Å². The quantitative estimate of drug-likeness (QED) is 0.392. The van der Waals surface area contributed by atoms with Gasteiger partial charge in [-0.1, -0.05) is 12.1 Å². The summed E-state index contributed by atoms with van der Waals surface area (Å²) in [7, 11) is 1.51. The van der Waals surface area contributed by atoms with Gasteiger partial charge in [-0.15, -0.1) is 0 Å². The van der Waals surface area contributed by atoms with Crippen LogP contribution in [0.15, 0.2) is 71.3 Å². The predicted octanol–water partition coefficient (Wildman–Crippen LogP) is 2.84. The number of furan rings is 1. The van der Waals surface area contributed by atoms with Gasteiger partial charge in [-0.25, -0.2) is 0 Å². The standard InChI is InChI=1S/C24H23N3O7/c1-32-19-6-3-2-5-18(19)27-23(30)16-8-10-17(11-9-16)26-21(28)15-34-22(29)12-13-25-24(31)20-7-4-14-33-20/h2-11,14H,12-13,15H2,1H3,(H,25,31)(H,26,28)(H,27,30). The second-order valence-corrected chi connectivity index (χ2v) is 6.92. The number of benzene rings is 2. The molecule has 0 aliphatic heterocycles. The maximum atomic E-state index is 12.4. The minimum Gasteiger partial charge on any atom is -0.495 e. The minimum absolute atomic E-state index is 0.0400. The van der Waals surface area contributed by atoms with Crippen LogP contribution >= 0.6 is 0 Å². The van der Waals surface area contributed by atoms with E-state index in [-0.39, 0.29) is 24.6 Å². The van der Waals surface area contributed by atoms with Gasteiger partial charge in [0.25, 0.3) is 17.7 Å². The fraction of sp³-hybridized carbons (Fsp3) is 0.167. The van der Waals surface area contributed by atoms with Crippen LogP contribution in [-0.2, 0) is 14.3 Å². The number of esters is 1. The molecule has 0 saturated heterocycles. The third kappa shape index (κ3) is 6.95. The van der Waals surface area contributed by atoms with E-state index in [1.807, 2.05) is 0 Å². The van der Waals surface area contributed by atoms with Crippen molar-refractivity contribution in [3.63, 3.8) is 0 Å². The summed E-state index contributed by atoms with van der Waals surface area (Å²) in [6, 6.07) is 16.3. The van der Waals surface area contributed by atoms with Crippen LogP contribution in [0.5, 0.6) is 5.75 Å². The van der Waals surface area contributed by atoms with Gasteiger partial charge in [-0.3, -0.25) is 19.2 Å². The highest BCUT2D eigenvalue weighted by atomic mass is 16.5. The molecule has 0 spiro atoms. The molecule has 1 aromatic heterocycles. The Balaban J connectivity index is 1.39. The molecule has 0 atom stereocenters. The lowest BCUT2D eigenvalue weighted by Gasteiger charge is -2.10. The molecule has 3 amide bonds. The second kappa shape index (κ2) is 11.9. The molecule has 3 rings (SSSR count). The van der Waals surface area contributed by atoms with Crippen LogP contribution in [0, 0.1) is 0 Å².